The third-order valence-corrected chi connectivity index (χ3v) is 3.98. The molecule has 2 atom stereocenters. The molecule has 0 unspecified atom stereocenters. The van der Waals surface area contributed by atoms with Gasteiger partial charge in [-0.1, -0.05) is 30.3 Å². The van der Waals surface area contributed by atoms with Crippen molar-refractivity contribution in [1.82, 2.24) is 4.90 Å². The molecule has 0 amide bonds. The van der Waals surface area contributed by atoms with Crippen LogP contribution in [-0.4, -0.2) is 42.0 Å². The summed E-state index contributed by atoms with van der Waals surface area (Å²) < 4.78 is 4.63. The molecular weight excluding hydrogens is 272 g/mol. The topological polar surface area (TPSA) is 72.7 Å². The maximum Gasteiger partial charge on any atom is 0.306 e. The molecule has 21 heavy (non-hydrogen) atoms. The second-order valence-electron chi connectivity index (χ2n) is 5.40. The molecule has 1 aromatic rings. The van der Waals surface area contributed by atoms with Crippen LogP contribution in [0.3, 0.4) is 0 Å². The Hall–Kier alpha value is -1.95. The van der Waals surface area contributed by atoms with Crippen LogP contribution in [0.5, 0.6) is 0 Å². The SMILES string of the molecule is COC(=O)C[C@@H]1CCN(Cc2ccccc2)C[C@H]1[N+](=O)[O-]. The van der Waals surface area contributed by atoms with Crippen LogP contribution in [0, 0.1) is 16.0 Å². The van der Waals surface area contributed by atoms with Crippen LogP contribution in [0.4, 0.5) is 0 Å². The molecule has 6 nitrogen and oxygen atoms in total. The number of carbonyl (C=O) groups is 1. The number of hydrogen-bond acceptors (Lipinski definition) is 5. The Bertz CT molecular complexity index is 492. The Morgan fingerprint density at radius 3 is 2.76 bits per heavy atom. The molecule has 1 saturated heterocycles. The maximum atomic E-state index is 11.4. The predicted octanol–water partition coefficient (Wildman–Crippen LogP) is 1.72. The Balaban J connectivity index is 1.98. The van der Waals surface area contributed by atoms with Gasteiger partial charge in [0.25, 0.3) is 0 Å². The summed E-state index contributed by atoms with van der Waals surface area (Å²) in [6, 6.07) is 9.20. The first kappa shape index (κ1) is 15.4. The second kappa shape index (κ2) is 7.17. The van der Waals surface area contributed by atoms with Crippen molar-refractivity contribution in [2.45, 2.75) is 25.4 Å². The molecule has 0 spiro atoms. The quantitative estimate of drug-likeness (QED) is 0.469. The van der Waals surface area contributed by atoms with Crippen molar-refractivity contribution in [2.24, 2.45) is 5.92 Å². The molecule has 0 saturated carbocycles. The number of likely N-dealkylation sites (tertiary alicyclic amines) is 1. The molecule has 0 aromatic heterocycles. The largest absolute Gasteiger partial charge is 0.469 e. The summed E-state index contributed by atoms with van der Waals surface area (Å²) in [5.74, 6) is -0.608. The molecule has 1 aromatic carbocycles. The van der Waals surface area contributed by atoms with E-state index in [2.05, 4.69) is 9.64 Å². The van der Waals surface area contributed by atoms with Gasteiger partial charge in [0.2, 0.25) is 6.04 Å². The third kappa shape index (κ3) is 4.26. The Morgan fingerprint density at radius 2 is 2.14 bits per heavy atom. The summed E-state index contributed by atoms with van der Waals surface area (Å²) in [5.41, 5.74) is 1.14. The van der Waals surface area contributed by atoms with Crippen molar-refractivity contribution in [3.05, 3.63) is 46.0 Å². The molecule has 114 valence electrons. The fourth-order valence-electron chi connectivity index (χ4n) is 2.81. The van der Waals surface area contributed by atoms with Gasteiger partial charge in [-0.05, 0) is 18.5 Å². The number of piperidine rings is 1. The molecule has 0 radical (unpaired) electrons. The zero-order valence-corrected chi connectivity index (χ0v) is 12.1. The zero-order chi connectivity index (χ0) is 15.2. The van der Waals surface area contributed by atoms with E-state index in [9.17, 15) is 14.9 Å². The number of nitrogens with zero attached hydrogens (tertiary/aromatic N) is 2. The van der Waals surface area contributed by atoms with E-state index in [-0.39, 0.29) is 23.2 Å². The standard InChI is InChI=1S/C15H20N2O4/c1-21-15(18)9-13-7-8-16(11-14(13)17(19)20)10-12-5-3-2-4-6-12/h2-6,13-14H,7-11H2,1H3/t13-,14+/m0/s1. The lowest BCUT2D eigenvalue weighted by atomic mass is 9.89. The van der Waals surface area contributed by atoms with Gasteiger partial charge in [-0.15, -0.1) is 0 Å². The van der Waals surface area contributed by atoms with Crippen molar-refractivity contribution in [3.8, 4) is 0 Å². The first-order valence-electron chi connectivity index (χ1n) is 7.06. The molecule has 1 aliphatic rings. The minimum Gasteiger partial charge on any atom is -0.469 e. The highest BCUT2D eigenvalue weighted by Crippen LogP contribution is 2.24. The van der Waals surface area contributed by atoms with Gasteiger partial charge < -0.3 is 4.74 Å². The number of carbonyl (C=O) groups excluding carboxylic acids is 1. The van der Waals surface area contributed by atoms with Crippen molar-refractivity contribution in [3.63, 3.8) is 0 Å². The van der Waals surface area contributed by atoms with Crippen LogP contribution in [0.25, 0.3) is 0 Å². The van der Waals surface area contributed by atoms with Crippen LogP contribution >= 0.6 is 0 Å². The summed E-state index contributed by atoms with van der Waals surface area (Å²) in [6.07, 6.45) is 0.773. The third-order valence-electron chi connectivity index (χ3n) is 3.98. The van der Waals surface area contributed by atoms with E-state index in [1.54, 1.807) is 0 Å². The number of esters is 1. The molecule has 0 N–H and O–H groups in total. The van der Waals surface area contributed by atoms with Gasteiger partial charge in [0, 0.05) is 17.4 Å². The van der Waals surface area contributed by atoms with Gasteiger partial charge in [0.15, 0.2) is 0 Å². The zero-order valence-electron chi connectivity index (χ0n) is 12.1. The fraction of sp³-hybridized carbons (Fsp3) is 0.533. The van der Waals surface area contributed by atoms with Crippen LogP contribution in [0.1, 0.15) is 18.4 Å². The van der Waals surface area contributed by atoms with Gasteiger partial charge in [-0.3, -0.25) is 19.8 Å². The van der Waals surface area contributed by atoms with Crippen LogP contribution < -0.4 is 0 Å². The summed E-state index contributed by atoms with van der Waals surface area (Å²) in [6.45, 7) is 1.85. The predicted molar refractivity (Wildman–Crippen MR) is 77.2 cm³/mol. The molecule has 6 heteroatoms. The van der Waals surface area contributed by atoms with Crippen LogP contribution in [-0.2, 0) is 16.1 Å². The summed E-state index contributed by atoms with van der Waals surface area (Å²) in [5, 5.41) is 11.3. The van der Waals surface area contributed by atoms with E-state index in [0.29, 0.717) is 19.5 Å². The van der Waals surface area contributed by atoms with Gasteiger partial charge in [0.05, 0.1) is 20.1 Å². The van der Waals surface area contributed by atoms with E-state index in [4.69, 9.17) is 0 Å². The summed E-state index contributed by atoms with van der Waals surface area (Å²) >= 11 is 0. The van der Waals surface area contributed by atoms with E-state index in [0.717, 1.165) is 12.1 Å². The van der Waals surface area contributed by atoms with Gasteiger partial charge in [0.1, 0.15) is 0 Å². The maximum absolute atomic E-state index is 11.4. The summed E-state index contributed by atoms with van der Waals surface area (Å²) in [7, 11) is 1.31. The molecule has 2 rings (SSSR count). The minimum absolute atomic E-state index is 0.126. The summed E-state index contributed by atoms with van der Waals surface area (Å²) in [4.78, 5) is 24.4. The van der Waals surface area contributed by atoms with Crippen molar-refractivity contribution in [1.29, 1.82) is 0 Å². The Labute approximate surface area is 123 Å². The lowest BCUT2D eigenvalue weighted by Gasteiger charge is -2.33. The van der Waals surface area contributed by atoms with Crippen molar-refractivity contribution in [2.75, 3.05) is 20.2 Å². The van der Waals surface area contributed by atoms with Crippen LogP contribution in [0.15, 0.2) is 30.3 Å². The first-order valence-corrected chi connectivity index (χ1v) is 7.06. The minimum atomic E-state index is -0.707. The average molecular weight is 292 g/mol. The van der Waals surface area contributed by atoms with Gasteiger partial charge >= 0.3 is 5.97 Å². The monoisotopic (exact) mass is 292 g/mol. The molecule has 1 heterocycles. The van der Waals surface area contributed by atoms with E-state index in [1.165, 1.54) is 7.11 Å². The van der Waals surface area contributed by atoms with Crippen LogP contribution in [0.2, 0.25) is 0 Å². The highest BCUT2D eigenvalue weighted by Gasteiger charge is 2.38. The van der Waals surface area contributed by atoms with E-state index in [1.807, 2.05) is 30.3 Å². The van der Waals surface area contributed by atoms with Crippen molar-refractivity contribution >= 4 is 5.97 Å². The first-order chi connectivity index (χ1) is 10.1. The fourth-order valence-corrected chi connectivity index (χ4v) is 2.81. The van der Waals surface area contributed by atoms with E-state index >= 15 is 0 Å². The number of nitro groups is 1. The highest BCUT2D eigenvalue weighted by molar-refractivity contribution is 5.69. The normalized spacial score (nSPS) is 22.7. The molecule has 0 bridgehead atoms. The Morgan fingerprint density at radius 1 is 1.43 bits per heavy atom. The van der Waals surface area contributed by atoms with E-state index < -0.39 is 6.04 Å². The number of rotatable bonds is 5. The molecule has 1 aliphatic heterocycles. The molecule has 0 aliphatic carbocycles. The number of ether oxygens (including phenoxy) is 1. The van der Waals surface area contributed by atoms with Gasteiger partial charge in [-0.2, -0.15) is 0 Å². The number of methoxy groups -OCH3 is 1. The van der Waals surface area contributed by atoms with Gasteiger partial charge in [-0.25, -0.2) is 0 Å². The van der Waals surface area contributed by atoms with Crippen molar-refractivity contribution < 1.29 is 14.5 Å². The highest BCUT2D eigenvalue weighted by atomic mass is 16.6. The lowest BCUT2D eigenvalue weighted by Crippen LogP contribution is -2.47. The number of benzene rings is 1. The average Bonchev–Trinajstić information content (AvgIpc) is 2.49. The smallest absolute Gasteiger partial charge is 0.306 e. The lowest BCUT2D eigenvalue weighted by molar-refractivity contribution is -0.536. The Kier molecular flexibility index (Phi) is 5.27. The molecular formula is C15H20N2O4. The number of hydrogen-bond donors (Lipinski definition) is 0. The molecule has 1 fully saturated rings. The second-order valence-corrected chi connectivity index (χ2v) is 5.40.